The maximum absolute atomic E-state index is 12.3. The fourth-order valence-electron chi connectivity index (χ4n) is 3.42. The Morgan fingerprint density at radius 1 is 1.10 bits per heavy atom. The lowest BCUT2D eigenvalue weighted by atomic mass is 9.82. The molecule has 1 aromatic carbocycles. The van der Waals surface area contributed by atoms with Gasteiger partial charge in [-0.15, -0.1) is 0 Å². The van der Waals surface area contributed by atoms with E-state index in [1.165, 1.54) is 0 Å². The number of carbonyl (C=O) groups is 2. The number of amides is 1. The number of rotatable bonds is 4. The first-order valence-electron chi connectivity index (χ1n) is 6.89. The Labute approximate surface area is 117 Å². The Morgan fingerprint density at radius 2 is 1.75 bits per heavy atom. The molecule has 0 aromatic heterocycles. The molecular formula is C16H17NO3. The Kier molecular flexibility index (Phi) is 3.30. The summed E-state index contributed by atoms with van der Waals surface area (Å²) in [5, 5.41) is 12.2. The lowest BCUT2D eigenvalue weighted by Gasteiger charge is -2.23. The van der Waals surface area contributed by atoms with Gasteiger partial charge in [0.05, 0.1) is 11.8 Å². The number of carboxylic acids is 1. The van der Waals surface area contributed by atoms with E-state index in [2.05, 4.69) is 5.32 Å². The zero-order chi connectivity index (χ0) is 14.1. The molecule has 0 aliphatic heterocycles. The summed E-state index contributed by atoms with van der Waals surface area (Å²) >= 11 is 0. The predicted octanol–water partition coefficient (Wildman–Crippen LogP) is 1.83. The number of fused-ring (bicyclic) bond motifs is 2. The number of nitrogens with one attached hydrogen (secondary N) is 1. The van der Waals surface area contributed by atoms with Crippen LogP contribution in [0.5, 0.6) is 0 Å². The molecule has 4 atom stereocenters. The second-order valence-electron chi connectivity index (χ2n) is 5.54. The molecule has 1 aromatic rings. The fraction of sp³-hybridized carbons (Fsp3) is 0.375. The van der Waals surface area contributed by atoms with Crippen molar-refractivity contribution in [2.75, 3.05) is 0 Å². The van der Waals surface area contributed by atoms with Crippen LogP contribution in [0.1, 0.15) is 12.0 Å². The molecule has 1 amide bonds. The summed E-state index contributed by atoms with van der Waals surface area (Å²) in [7, 11) is 0. The van der Waals surface area contributed by atoms with Crippen LogP contribution in [0.3, 0.4) is 0 Å². The predicted molar refractivity (Wildman–Crippen MR) is 73.6 cm³/mol. The van der Waals surface area contributed by atoms with Crippen LogP contribution in [-0.2, 0) is 16.1 Å². The third-order valence-corrected chi connectivity index (χ3v) is 4.36. The van der Waals surface area contributed by atoms with E-state index in [0.29, 0.717) is 6.54 Å². The quantitative estimate of drug-likeness (QED) is 0.821. The number of hydrogen-bond acceptors (Lipinski definition) is 2. The van der Waals surface area contributed by atoms with Crippen molar-refractivity contribution in [3.05, 3.63) is 48.0 Å². The van der Waals surface area contributed by atoms with Gasteiger partial charge in [0.25, 0.3) is 0 Å². The molecule has 20 heavy (non-hydrogen) atoms. The fourth-order valence-corrected chi connectivity index (χ4v) is 3.42. The van der Waals surface area contributed by atoms with Crippen LogP contribution in [0, 0.1) is 23.7 Å². The van der Waals surface area contributed by atoms with Gasteiger partial charge in [-0.3, -0.25) is 9.59 Å². The van der Waals surface area contributed by atoms with Gasteiger partial charge in [-0.05, 0) is 23.8 Å². The topological polar surface area (TPSA) is 66.4 Å². The molecule has 2 bridgehead atoms. The second-order valence-corrected chi connectivity index (χ2v) is 5.54. The summed E-state index contributed by atoms with van der Waals surface area (Å²) in [5.74, 6) is -1.89. The van der Waals surface area contributed by atoms with Crippen molar-refractivity contribution in [3.8, 4) is 0 Å². The van der Waals surface area contributed by atoms with Gasteiger partial charge in [0.1, 0.15) is 0 Å². The van der Waals surface area contributed by atoms with E-state index in [1.807, 2.05) is 42.5 Å². The van der Waals surface area contributed by atoms with Crippen LogP contribution in [0.15, 0.2) is 42.5 Å². The van der Waals surface area contributed by atoms with Gasteiger partial charge < -0.3 is 10.4 Å². The highest BCUT2D eigenvalue weighted by molar-refractivity contribution is 5.86. The SMILES string of the molecule is O=C(O)[C@@H]1[C@H](C(=O)NCc2ccccc2)[C@@H]2C=C[C@H]1C2. The molecule has 0 spiro atoms. The van der Waals surface area contributed by atoms with E-state index in [0.717, 1.165) is 12.0 Å². The largest absolute Gasteiger partial charge is 0.481 e. The number of benzene rings is 1. The molecule has 0 heterocycles. The molecule has 2 aliphatic carbocycles. The molecular weight excluding hydrogens is 254 g/mol. The van der Waals surface area contributed by atoms with Crippen molar-refractivity contribution in [2.24, 2.45) is 23.7 Å². The van der Waals surface area contributed by atoms with Crippen LogP contribution >= 0.6 is 0 Å². The maximum Gasteiger partial charge on any atom is 0.307 e. The van der Waals surface area contributed by atoms with E-state index < -0.39 is 17.8 Å². The van der Waals surface area contributed by atoms with E-state index in [9.17, 15) is 14.7 Å². The smallest absolute Gasteiger partial charge is 0.307 e. The minimum Gasteiger partial charge on any atom is -0.481 e. The minimum absolute atomic E-state index is 0.0185. The van der Waals surface area contributed by atoms with Crippen molar-refractivity contribution in [2.45, 2.75) is 13.0 Å². The first-order valence-corrected chi connectivity index (χ1v) is 6.89. The first kappa shape index (κ1) is 12.9. The van der Waals surface area contributed by atoms with Crippen molar-refractivity contribution in [1.82, 2.24) is 5.32 Å². The highest BCUT2D eigenvalue weighted by Crippen LogP contribution is 2.48. The third kappa shape index (κ3) is 2.22. The minimum atomic E-state index is -0.860. The Balaban J connectivity index is 1.68. The van der Waals surface area contributed by atoms with Crippen molar-refractivity contribution < 1.29 is 14.7 Å². The molecule has 1 fully saturated rings. The number of hydrogen-bond donors (Lipinski definition) is 2. The summed E-state index contributed by atoms with van der Waals surface area (Å²) in [6.45, 7) is 0.448. The van der Waals surface area contributed by atoms with Crippen molar-refractivity contribution in [1.29, 1.82) is 0 Å². The van der Waals surface area contributed by atoms with Crippen molar-refractivity contribution >= 4 is 11.9 Å². The normalized spacial score (nSPS) is 30.4. The van der Waals surface area contributed by atoms with Crippen LogP contribution in [-0.4, -0.2) is 17.0 Å². The lowest BCUT2D eigenvalue weighted by Crippen LogP contribution is -2.39. The molecule has 2 N–H and O–H groups in total. The van der Waals surface area contributed by atoms with E-state index >= 15 is 0 Å². The Hall–Kier alpha value is -2.10. The molecule has 4 nitrogen and oxygen atoms in total. The Morgan fingerprint density at radius 3 is 2.40 bits per heavy atom. The van der Waals surface area contributed by atoms with Gasteiger partial charge in [-0.2, -0.15) is 0 Å². The van der Waals surface area contributed by atoms with Gasteiger partial charge in [0.15, 0.2) is 0 Å². The standard InChI is InChI=1S/C16H17NO3/c18-15(17-9-10-4-2-1-3-5-10)13-11-6-7-12(8-11)14(13)16(19)20/h1-7,11-14H,8-9H2,(H,17,18)(H,19,20)/t11-,12+,13-,14+/m1/s1. The van der Waals surface area contributed by atoms with Crippen LogP contribution in [0.2, 0.25) is 0 Å². The summed E-state index contributed by atoms with van der Waals surface area (Å²) in [4.78, 5) is 23.7. The van der Waals surface area contributed by atoms with E-state index in [-0.39, 0.29) is 17.7 Å². The lowest BCUT2D eigenvalue weighted by molar-refractivity contribution is -0.147. The van der Waals surface area contributed by atoms with Gasteiger partial charge in [-0.25, -0.2) is 0 Å². The third-order valence-electron chi connectivity index (χ3n) is 4.36. The number of carbonyl (C=O) groups excluding carboxylic acids is 1. The molecule has 3 rings (SSSR count). The zero-order valence-electron chi connectivity index (χ0n) is 11.0. The average Bonchev–Trinajstić information content (AvgIpc) is 3.06. The number of allylic oxidation sites excluding steroid dienone is 2. The maximum atomic E-state index is 12.3. The Bertz CT molecular complexity index is 552. The summed E-state index contributed by atoms with van der Waals surface area (Å²) in [5.41, 5.74) is 1.02. The van der Waals surface area contributed by atoms with E-state index in [4.69, 9.17) is 0 Å². The first-order chi connectivity index (χ1) is 9.66. The molecule has 0 radical (unpaired) electrons. The van der Waals surface area contributed by atoms with Crippen LogP contribution in [0.25, 0.3) is 0 Å². The molecule has 104 valence electrons. The highest BCUT2D eigenvalue weighted by atomic mass is 16.4. The average molecular weight is 271 g/mol. The molecule has 1 saturated carbocycles. The van der Waals surface area contributed by atoms with E-state index in [1.54, 1.807) is 0 Å². The van der Waals surface area contributed by atoms with Crippen LogP contribution < -0.4 is 5.32 Å². The van der Waals surface area contributed by atoms with Gasteiger partial charge in [0.2, 0.25) is 5.91 Å². The monoisotopic (exact) mass is 271 g/mol. The summed E-state index contributed by atoms with van der Waals surface area (Å²) in [6, 6.07) is 9.64. The van der Waals surface area contributed by atoms with Gasteiger partial charge >= 0.3 is 5.97 Å². The molecule has 2 aliphatic rings. The summed E-state index contributed by atoms with van der Waals surface area (Å²) < 4.78 is 0. The zero-order valence-corrected chi connectivity index (χ0v) is 11.0. The molecule has 0 unspecified atom stereocenters. The second kappa shape index (κ2) is 5.12. The molecule has 4 heteroatoms. The number of aliphatic carboxylic acids is 1. The van der Waals surface area contributed by atoms with Gasteiger partial charge in [0, 0.05) is 6.54 Å². The van der Waals surface area contributed by atoms with Crippen molar-refractivity contribution in [3.63, 3.8) is 0 Å². The van der Waals surface area contributed by atoms with Gasteiger partial charge in [-0.1, -0.05) is 42.5 Å². The highest BCUT2D eigenvalue weighted by Gasteiger charge is 2.51. The molecule has 0 saturated heterocycles. The summed E-state index contributed by atoms with van der Waals surface area (Å²) in [6.07, 6.45) is 4.74. The van der Waals surface area contributed by atoms with Crippen LogP contribution in [0.4, 0.5) is 0 Å². The number of carboxylic acid groups (broad SMARTS) is 1.